The van der Waals surface area contributed by atoms with Crippen LogP contribution in [0.1, 0.15) is 30.4 Å². The molecule has 2 nitrogen and oxygen atoms in total. The second kappa shape index (κ2) is 4.43. The molecule has 0 saturated heterocycles. The number of halogens is 2. The molecule has 1 fully saturated rings. The Morgan fingerprint density at radius 3 is 2.47 bits per heavy atom. The van der Waals surface area contributed by atoms with Gasteiger partial charge in [-0.1, -0.05) is 24.3 Å². The minimum Gasteiger partial charge on any atom is -0.466 e. The van der Waals surface area contributed by atoms with Gasteiger partial charge < -0.3 is 4.74 Å². The monoisotopic (exact) mass is 240 g/mol. The Kier molecular flexibility index (Phi) is 3.13. The van der Waals surface area contributed by atoms with Gasteiger partial charge in [0.1, 0.15) is 0 Å². The average Bonchev–Trinajstić information content (AvgIpc) is 2.89. The Bertz CT molecular complexity index is 412. The van der Waals surface area contributed by atoms with Gasteiger partial charge in [0.15, 0.2) is 0 Å². The predicted molar refractivity (Wildman–Crippen MR) is 59.1 cm³/mol. The molecule has 0 aromatic heterocycles. The van der Waals surface area contributed by atoms with Crippen LogP contribution in [-0.4, -0.2) is 18.5 Å². The molecule has 0 aliphatic heterocycles. The van der Waals surface area contributed by atoms with E-state index in [4.69, 9.17) is 4.74 Å². The quantitative estimate of drug-likeness (QED) is 0.756. The molecule has 1 aliphatic rings. The first-order valence-corrected chi connectivity index (χ1v) is 5.65. The molecule has 0 radical (unpaired) electrons. The fourth-order valence-electron chi connectivity index (χ4n) is 1.82. The highest BCUT2D eigenvalue weighted by Gasteiger charge is 2.57. The molecule has 17 heavy (non-hydrogen) atoms. The van der Waals surface area contributed by atoms with Gasteiger partial charge in [0.25, 0.3) is 5.92 Å². The maximum Gasteiger partial charge on any atom is 0.310 e. The van der Waals surface area contributed by atoms with E-state index in [1.165, 1.54) is 0 Å². The standard InChI is InChI=1S/C13H14F2O2/c1-2-17-12(16)7-9-3-5-10(6-4-9)11-8-13(11,14)15/h3-6,11H,2,7-8H2,1H3. The lowest BCUT2D eigenvalue weighted by Gasteiger charge is -2.04. The van der Waals surface area contributed by atoms with Crippen LogP contribution in [0, 0.1) is 0 Å². The van der Waals surface area contributed by atoms with Crippen molar-refractivity contribution >= 4 is 5.97 Å². The van der Waals surface area contributed by atoms with E-state index < -0.39 is 11.8 Å². The van der Waals surface area contributed by atoms with Gasteiger partial charge in [0.2, 0.25) is 0 Å². The second-order valence-electron chi connectivity index (χ2n) is 4.24. The molecule has 1 unspecified atom stereocenters. The maximum atomic E-state index is 12.8. The van der Waals surface area contributed by atoms with Crippen molar-refractivity contribution in [3.05, 3.63) is 35.4 Å². The Morgan fingerprint density at radius 2 is 2.00 bits per heavy atom. The number of esters is 1. The summed E-state index contributed by atoms with van der Waals surface area (Å²) in [5.41, 5.74) is 1.43. The largest absolute Gasteiger partial charge is 0.466 e. The Morgan fingerprint density at radius 1 is 1.41 bits per heavy atom. The molecular weight excluding hydrogens is 226 g/mol. The molecule has 1 aromatic carbocycles. The van der Waals surface area contributed by atoms with Crippen LogP contribution in [0.15, 0.2) is 24.3 Å². The number of ether oxygens (including phenoxy) is 1. The second-order valence-corrected chi connectivity index (χ2v) is 4.24. The number of alkyl halides is 2. The number of benzene rings is 1. The van der Waals surface area contributed by atoms with Crippen molar-refractivity contribution in [2.45, 2.75) is 31.6 Å². The van der Waals surface area contributed by atoms with Crippen LogP contribution in [0.3, 0.4) is 0 Å². The van der Waals surface area contributed by atoms with Crippen molar-refractivity contribution in [3.63, 3.8) is 0 Å². The third-order valence-electron chi connectivity index (χ3n) is 2.86. The molecule has 0 heterocycles. The third-order valence-corrected chi connectivity index (χ3v) is 2.86. The molecule has 0 amide bonds. The van der Waals surface area contributed by atoms with Gasteiger partial charge in [0.05, 0.1) is 18.9 Å². The lowest BCUT2D eigenvalue weighted by Crippen LogP contribution is -2.07. The molecule has 1 aliphatic carbocycles. The zero-order valence-corrected chi connectivity index (χ0v) is 9.58. The van der Waals surface area contributed by atoms with Crippen molar-refractivity contribution in [1.29, 1.82) is 0 Å². The minimum absolute atomic E-state index is 0.0653. The summed E-state index contributed by atoms with van der Waals surface area (Å²) >= 11 is 0. The summed E-state index contributed by atoms with van der Waals surface area (Å²) in [4.78, 5) is 11.2. The van der Waals surface area contributed by atoms with E-state index in [1.54, 1.807) is 31.2 Å². The molecule has 2 rings (SSSR count). The summed E-state index contributed by atoms with van der Waals surface area (Å²) in [7, 11) is 0. The topological polar surface area (TPSA) is 26.3 Å². The van der Waals surface area contributed by atoms with Crippen LogP contribution in [0.5, 0.6) is 0 Å². The zero-order valence-electron chi connectivity index (χ0n) is 9.58. The molecule has 92 valence electrons. The van der Waals surface area contributed by atoms with Gasteiger partial charge in [-0.25, -0.2) is 8.78 Å². The summed E-state index contributed by atoms with van der Waals surface area (Å²) in [5.74, 6) is -3.47. The molecule has 1 saturated carbocycles. The van der Waals surface area contributed by atoms with E-state index in [2.05, 4.69) is 0 Å². The summed E-state index contributed by atoms with van der Waals surface area (Å²) in [6.07, 6.45) is 0.124. The molecular formula is C13H14F2O2. The Balaban J connectivity index is 1.97. The van der Waals surface area contributed by atoms with Crippen LogP contribution >= 0.6 is 0 Å². The van der Waals surface area contributed by atoms with Crippen molar-refractivity contribution in [1.82, 2.24) is 0 Å². The molecule has 0 bridgehead atoms. The number of rotatable bonds is 4. The van der Waals surface area contributed by atoms with E-state index in [0.717, 1.165) is 5.56 Å². The van der Waals surface area contributed by atoms with E-state index in [1.807, 2.05) is 0 Å². The van der Waals surface area contributed by atoms with Gasteiger partial charge in [-0.2, -0.15) is 0 Å². The first kappa shape index (κ1) is 12.0. The van der Waals surface area contributed by atoms with E-state index in [-0.39, 0.29) is 18.8 Å². The van der Waals surface area contributed by atoms with Crippen LogP contribution < -0.4 is 0 Å². The summed E-state index contributed by atoms with van der Waals surface area (Å²) in [5, 5.41) is 0. The van der Waals surface area contributed by atoms with Gasteiger partial charge in [-0.3, -0.25) is 4.79 Å². The zero-order chi connectivity index (χ0) is 12.5. The maximum absolute atomic E-state index is 12.8. The molecule has 4 heteroatoms. The normalized spacial score (nSPS) is 21.0. The van der Waals surface area contributed by atoms with E-state index in [0.29, 0.717) is 12.2 Å². The molecule has 0 N–H and O–H groups in total. The third kappa shape index (κ3) is 2.81. The van der Waals surface area contributed by atoms with Crippen molar-refractivity contribution in [2.24, 2.45) is 0 Å². The summed E-state index contributed by atoms with van der Waals surface area (Å²) < 4.78 is 30.4. The average molecular weight is 240 g/mol. The smallest absolute Gasteiger partial charge is 0.310 e. The van der Waals surface area contributed by atoms with E-state index >= 15 is 0 Å². The lowest BCUT2D eigenvalue weighted by molar-refractivity contribution is -0.142. The number of hydrogen-bond acceptors (Lipinski definition) is 2. The van der Waals surface area contributed by atoms with Gasteiger partial charge in [0, 0.05) is 6.42 Å². The highest BCUT2D eigenvalue weighted by Crippen LogP contribution is 2.55. The van der Waals surface area contributed by atoms with Crippen molar-refractivity contribution in [2.75, 3.05) is 6.61 Å². The molecule has 0 spiro atoms. The van der Waals surface area contributed by atoms with Crippen LogP contribution in [0.25, 0.3) is 0 Å². The Labute approximate surface area is 98.6 Å². The van der Waals surface area contributed by atoms with Crippen LogP contribution in [-0.2, 0) is 16.0 Å². The van der Waals surface area contributed by atoms with Gasteiger partial charge >= 0.3 is 5.97 Å². The van der Waals surface area contributed by atoms with Crippen molar-refractivity contribution < 1.29 is 18.3 Å². The van der Waals surface area contributed by atoms with Crippen LogP contribution in [0.4, 0.5) is 8.78 Å². The van der Waals surface area contributed by atoms with Crippen LogP contribution in [0.2, 0.25) is 0 Å². The number of carbonyl (C=O) groups is 1. The van der Waals surface area contributed by atoms with Crippen molar-refractivity contribution in [3.8, 4) is 0 Å². The molecule has 1 aromatic rings. The molecule has 1 atom stereocenters. The number of carbonyl (C=O) groups excluding carboxylic acids is 1. The van der Waals surface area contributed by atoms with Gasteiger partial charge in [-0.05, 0) is 18.1 Å². The Hall–Kier alpha value is -1.45. The van der Waals surface area contributed by atoms with Gasteiger partial charge in [-0.15, -0.1) is 0 Å². The lowest BCUT2D eigenvalue weighted by atomic mass is 10.1. The van der Waals surface area contributed by atoms with E-state index in [9.17, 15) is 13.6 Å². The minimum atomic E-state index is -2.54. The summed E-state index contributed by atoms with van der Waals surface area (Å²) in [6.45, 7) is 2.10. The highest BCUT2D eigenvalue weighted by atomic mass is 19.3. The first-order valence-electron chi connectivity index (χ1n) is 5.65. The predicted octanol–water partition coefficient (Wildman–Crippen LogP) is 2.91. The number of hydrogen-bond donors (Lipinski definition) is 0. The fourth-order valence-corrected chi connectivity index (χ4v) is 1.82. The fraction of sp³-hybridized carbons (Fsp3) is 0.462. The summed E-state index contributed by atoms with van der Waals surface area (Å²) in [6, 6.07) is 6.75. The first-order chi connectivity index (χ1) is 8.03. The highest BCUT2D eigenvalue weighted by molar-refractivity contribution is 5.72. The SMILES string of the molecule is CCOC(=O)Cc1ccc(C2CC2(F)F)cc1.